The van der Waals surface area contributed by atoms with E-state index in [9.17, 15) is 17.6 Å². The summed E-state index contributed by atoms with van der Waals surface area (Å²) in [5.41, 5.74) is -0.238. The number of hydrogen-bond acceptors (Lipinski definition) is 2. The van der Waals surface area contributed by atoms with Gasteiger partial charge in [0, 0.05) is 0 Å². The van der Waals surface area contributed by atoms with Crippen LogP contribution in [0.4, 0.5) is 17.6 Å². The maximum Gasteiger partial charge on any atom is 0.418 e. The molecule has 2 rings (SSSR count). The lowest BCUT2D eigenvalue weighted by Gasteiger charge is -2.20. The first kappa shape index (κ1) is 12.3. The van der Waals surface area contributed by atoms with Gasteiger partial charge in [0.15, 0.2) is 6.10 Å². The van der Waals surface area contributed by atoms with Crippen LogP contribution in [0.1, 0.15) is 11.7 Å². The normalized spacial score (nSPS) is 21.3. The van der Waals surface area contributed by atoms with Crippen molar-refractivity contribution in [1.82, 2.24) is 0 Å². The molecule has 1 fully saturated rings. The van der Waals surface area contributed by atoms with E-state index in [0.717, 1.165) is 12.1 Å². The third-order valence-corrected chi connectivity index (χ3v) is 2.30. The van der Waals surface area contributed by atoms with Crippen LogP contribution in [0.15, 0.2) is 24.3 Å². The number of alkyl halides is 3. The maximum absolute atomic E-state index is 12.9. The molecule has 6 heteroatoms. The second kappa shape index (κ2) is 4.62. The molecule has 1 aromatic carbocycles. The minimum Gasteiger partial charge on any atom is -0.371 e. The highest BCUT2D eigenvalue weighted by Gasteiger charge is 2.43. The van der Waals surface area contributed by atoms with Crippen molar-refractivity contribution in [3.8, 4) is 0 Å². The van der Waals surface area contributed by atoms with Crippen LogP contribution in [0, 0.1) is 5.82 Å². The van der Waals surface area contributed by atoms with Gasteiger partial charge in [-0.1, -0.05) is 12.1 Å². The Hall–Kier alpha value is -1.14. The number of epoxide rings is 1. The zero-order chi connectivity index (χ0) is 12.5. The Morgan fingerprint density at radius 2 is 2.12 bits per heavy atom. The summed E-state index contributed by atoms with van der Waals surface area (Å²) in [6.07, 6.45) is -6.95. The quantitative estimate of drug-likeness (QED) is 0.605. The highest BCUT2D eigenvalue weighted by molar-refractivity contribution is 5.20. The van der Waals surface area contributed by atoms with E-state index in [0.29, 0.717) is 6.61 Å². The molecule has 2 atom stereocenters. The molecule has 1 saturated heterocycles. The van der Waals surface area contributed by atoms with E-state index < -0.39 is 18.1 Å². The molecule has 0 spiro atoms. The van der Waals surface area contributed by atoms with Gasteiger partial charge in [0.2, 0.25) is 0 Å². The van der Waals surface area contributed by atoms with Crippen molar-refractivity contribution in [3.63, 3.8) is 0 Å². The highest BCUT2D eigenvalue weighted by atomic mass is 19.4. The van der Waals surface area contributed by atoms with Crippen molar-refractivity contribution >= 4 is 0 Å². The molecule has 1 aromatic rings. The number of ether oxygens (including phenoxy) is 2. The standard InChI is InChI=1S/C11H10F4O2/c12-8-3-1-2-7(4-8)10(11(13,14)15)17-6-9-5-16-9/h1-4,9-10H,5-6H2/t9-,10+/m1/s1. The fraction of sp³-hybridized carbons (Fsp3) is 0.455. The van der Waals surface area contributed by atoms with Crippen LogP contribution in [-0.2, 0) is 9.47 Å². The first-order valence-electron chi connectivity index (χ1n) is 5.02. The summed E-state index contributed by atoms with van der Waals surface area (Å²) in [6, 6.07) is 4.32. The number of rotatable bonds is 4. The molecule has 1 aliphatic rings. The lowest BCUT2D eigenvalue weighted by molar-refractivity contribution is -0.224. The second-order valence-electron chi connectivity index (χ2n) is 3.77. The zero-order valence-electron chi connectivity index (χ0n) is 8.71. The first-order chi connectivity index (χ1) is 7.97. The van der Waals surface area contributed by atoms with Gasteiger partial charge < -0.3 is 9.47 Å². The van der Waals surface area contributed by atoms with Gasteiger partial charge in [-0.05, 0) is 17.7 Å². The van der Waals surface area contributed by atoms with Gasteiger partial charge in [-0.2, -0.15) is 13.2 Å². The van der Waals surface area contributed by atoms with E-state index in [1.165, 1.54) is 12.1 Å². The molecular weight excluding hydrogens is 240 g/mol. The molecule has 0 unspecified atom stereocenters. The first-order valence-corrected chi connectivity index (χ1v) is 5.02. The van der Waals surface area contributed by atoms with E-state index >= 15 is 0 Å². The van der Waals surface area contributed by atoms with Gasteiger partial charge in [-0.15, -0.1) is 0 Å². The van der Waals surface area contributed by atoms with Crippen molar-refractivity contribution in [2.24, 2.45) is 0 Å². The largest absolute Gasteiger partial charge is 0.418 e. The van der Waals surface area contributed by atoms with Crippen molar-refractivity contribution < 1.29 is 27.0 Å². The zero-order valence-corrected chi connectivity index (χ0v) is 8.71. The average molecular weight is 250 g/mol. The summed E-state index contributed by atoms with van der Waals surface area (Å²) >= 11 is 0. The van der Waals surface area contributed by atoms with Gasteiger partial charge in [0.1, 0.15) is 11.9 Å². The highest BCUT2D eigenvalue weighted by Crippen LogP contribution is 2.36. The van der Waals surface area contributed by atoms with E-state index in [4.69, 9.17) is 9.47 Å². The lowest BCUT2D eigenvalue weighted by Crippen LogP contribution is -2.25. The summed E-state index contributed by atoms with van der Waals surface area (Å²) in [4.78, 5) is 0. The van der Waals surface area contributed by atoms with E-state index in [-0.39, 0.29) is 18.3 Å². The number of halogens is 4. The van der Waals surface area contributed by atoms with E-state index in [1.807, 2.05) is 0 Å². The summed E-state index contributed by atoms with van der Waals surface area (Å²) in [5, 5.41) is 0. The predicted molar refractivity (Wildman–Crippen MR) is 50.9 cm³/mol. The van der Waals surface area contributed by atoms with Gasteiger partial charge in [0.25, 0.3) is 0 Å². The van der Waals surface area contributed by atoms with Crippen molar-refractivity contribution in [3.05, 3.63) is 35.6 Å². The Labute approximate surface area is 95.1 Å². The van der Waals surface area contributed by atoms with Gasteiger partial charge in [-0.3, -0.25) is 0 Å². The fourth-order valence-corrected chi connectivity index (χ4v) is 1.42. The fourth-order valence-electron chi connectivity index (χ4n) is 1.42. The van der Waals surface area contributed by atoms with Crippen LogP contribution < -0.4 is 0 Å². The third-order valence-electron chi connectivity index (χ3n) is 2.30. The summed E-state index contributed by atoms with van der Waals surface area (Å²) in [7, 11) is 0. The SMILES string of the molecule is Fc1cccc([C@H](OC[C@H]2CO2)C(F)(F)F)c1. The number of benzene rings is 1. The molecule has 0 aromatic heterocycles. The van der Waals surface area contributed by atoms with Crippen molar-refractivity contribution in [2.45, 2.75) is 18.4 Å². The van der Waals surface area contributed by atoms with Crippen LogP contribution in [0.5, 0.6) is 0 Å². The Kier molecular flexibility index (Phi) is 3.35. The summed E-state index contributed by atoms with van der Waals surface area (Å²) in [5.74, 6) is -0.719. The van der Waals surface area contributed by atoms with Gasteiger partial charge >= 0.3 is 6.18 Å². The molecule has 0 saturated carbocycles. The molecule has 0 radical (unpaired) electrons. The smallest absolute Gasteiger partial charge is 0.371 e. The molecule has 0 aliphatic carbocycles. The molecule has 0 N–H and O–H groups in total. The summed E-state index contributed by atoms with van der Waals surface area (Å²) < 4.78 is 60.6. The molecule has 0 amide bonds. The monoisotopic (exact) mass is 250 g/mol. The Morgan fingerprint density at radius 1 is 1.41 bits per heavy atom. The Morgan fingerprint density at radius 3 is 2.65 bits per heavy atom. The Balaban J connectivity index is 2.13. The van der Waals surface area contributed by atoms with Crippen LogP contribution >= 0.6 is 0 Å². The van der Waals surface area contributed by atoms with Crippen LogP contribution in [0.2, 0.25) is 0 Å². The molecular formula is C11H10F4O2. The van der Waals surface area contributed by atoms with E-state index in [1.54, 1.807) is 0 Å². The molecule has 0 bridgehead atoms. The van der Waals surface area contributed by atoms with Crippen LogP contribution in [-0.4, -0.2) is 25.5 Å². The molecule has 1 heterocycles. The second-order valence-corrected chi connectivity index (χ2v) is 3.77. The lowest BCUT2D eigenvalue weighted by atomic mass is 10.1. The van der Waals surface area contributed by atoms with Crippen molar-refractivity contribution in [2.75, 3.05) is 13.2 Å². The minimum atomic E-state index is -4.57. The molecule has 17 heavy (non-hydrogen) atoms. The van der Waals surface area contributed by atoms with Crippen LogP contribution in [0.25, 0.3) is 0 Å². The molecule has 94 valence electrons. The molecule has 1 aliphatic heterocycles. The minimum absolute atomic E-state index is 0.138. The summed E-state index contributed by atoms with van der Waals surface area (Å²) in [6.45, 7) is 0.272. The predicted octanol–water partition coefficient (Wildman–Crippen LogP) is 2.84. The van der Waals surface area contributed by atoms with Crippen molar-refractivity contribution in [1.29, 1.82) is 0 Å². The number of hydrogen-bond donors (Lipinski definition) is 0. The van der Waals surface area contributed by atoms with Crippen LogP contribution in [0.3, 0.4) is 0 Å². The topological polar surface area (TPSA) is 21.8 Å². The van der Waals surface area contributed by atoms with E-state index in [2.05, 4.69) is 0 Å². The molecule has 2 nitrogen and oxygen atoms in total. The van der Waals surface area contributed by atoms with Gasteiger partial charge in [0.05, 0.1) is 13.2 Å². The maximum atomic E-state index is 12.9. The third kappa shape index (κ3) is 3.41. The van der Waals surface area contributed by atoms with Gasteiger partial charge in [-0.25, -0.2) is 4.39 Å². The average Bonchev–Trinajstić information content (AvgIpc) is 3.00. The Bertz CT molecular complexity index is 387.